The van der Waals surface area contributed by atoms with E-state index in [1.165, 1.54) is 4.31 Å². The minimum atomic E-state index is -2.60. The second-order valence-electron chi connectivity index (χ2n) is 8.56. The second-order valence-corrected chi connectivity index (χ2v) is 9.80. The van der Waals surface area contributed by atoms with Gasteiger partial charge in [0.2, 0.25) is 0 Å². The molecule has 0 amide bonds. The van der Waals surface area contributed by atoms with Gasteiger partial charge >= 0.3 is 5.97 Å². The molecule has 2 atom stereocenters. The maximum atomic E-state index is 12.4. The van der Waals surface area contributed by atoms with E-state index < -0.39 is 17.2 Å². The Morgan fingerprint density at radius 1 is 1.00 bits per heavy atom. The van der Waals surface area contributed by atoms with E-state index in [1.807, 2.05) is 60.4 Å². The van der Waals surface area contributed by atoms with Gasteiger partial charge in [-0.2, -0.15) is 0 Å². The lowest BCUT2D eigenvalue weighted by molar-refractivity contribution is -0.137. The summed E-state index contributed by atoms with van der Waals surface area (Å²) in [6, 6.07) is 24.9. The van der Waals surface area contributed by atoms with Crippen molar-refractivity contribution in [3.8, 4) is 5.75 Å². The lowest BCUT2D eigenvalue weighted by atomic mass is 10.0. The molecule has 37 heavy (non-hydrogen) atoms. The van der Waals surface area contributed by atoms with E-state index in [4.69, 9.17) is 16.3 Å². The number of methoxy groups -OCH3 is 1. The van der Waals surface area contributed by atoms with Crippen molar-refractivity contribution in [2.24, 2.45) is 0 Å². The number of carboxylic acids is 1. The standard InChI is InChI=1S/C28H27ClN2O5S/c1-19(16-28(32)33)30(18-20-6-5-7-21(29)17-20)26-14-15-27(25-9-4-3-8-24(25)26)31(37(34)35)22-10-12-23(36-2)13-11-22/h3-15,17,19H,16,18H2,1-2H3,(H,32,33)(H,34,35)/p-1/t19-/m0/s1. The van der Waals surface area contributed by atoms with E-state index in [0.29, 0.717) is 34.1 Å². The van der Waals surface area contributed by atoms with Gasteiger partial charge in [-0.3, -0.25) is 13.3 Å². The number of ether oxygens (including phenoxy) is 1. The van der Waals surface area contributed by atoms with E-state index >= 15 is 0 Å². The van der Waals surface area contributed by atoms with Crippen molar-refractivity contribution in [2.45, 2.75) is 25.9 Å². The van der Waals surface area contributed by atoms with Crippen LogP contribution in [-0.4, -0.2) is 33.0 Å². The SMILES string of the molecule is COc1ccc(N(c2ccc(N(Cc3cccc(Cl)c3)[C@@H](C)CC(=O)O)c3ccccc23)S(=O)[O-])cc1. The highest BCUT2D eigenvalue weighted by Gasteiger charge is 2.22. The van der Waals surface area contributed by atoms with Gasteiger partial charge in [-0.25, -0.2) is 0 Å². The van der Waals surface area contributed by atoms with Gasteiger partial charge in [-0.15, -0.1) is 0 Å². The van der Waals surface area contributed by atoms with Gasteiger partial charge in [-0.05, 0) is 61.0 Å². The number of carboxylic acid groups (broad SMARTS) is 1. The summed E-state index contributed by atoms with van der Waals surface area (Å²) in [5.41, 5.74) is 2.66. The van der Waals surface area contributed by atoms with Gasteiger partial charge in [0.05, 0.1) is 36.2 Å². The molecule has 0 aromatic heterocycles. The first-order valence-electron chi connectivity index (χ1n) is 11.6. The number of benzene rings is 4. The zero-order valence-corrected chi connectivity index (χ0v) is 21.9. The van der Waals surface area contributed by atoms with E-state index in [1.54, 1.807) is 43.5 Å². The fourth-order valence-corrected chi connectivity index (χ4v) is 5.22. The third kappa shape index (κ3) is 6.05. The molecule has 9 heteroatoms. The maximum Gasteiger partial charge on any atom is 0.305 e. The highest BCUT2D eigenvalue weighted by molar-refractivity contribution is 7.81. The number of halogens is 1. The van der Waals surface area contributed by atoms with E-state index in [9.17, 15) is 18.7 Å². The highest BCUT2D eigenvalue weighted by atomic mass is 35.5. The summed E-state index contributed by atoms with van der Waals surface area (Å²) in [5, 5.41) is 11.6. The van der Waals surface area contributed by atoms with Crippen molar-refractivity contribution in [1.82, 2.24) is 0 Å². The minimum Gasteiger partial charge on any atom is -0.755 e. The van der Waals surface area contributed by atoms with E-state index in [0.717, 1.165) is 16.6 Å². The molecule has 7 nitrogen and oxygen atoms in total. The minimum absolute atomic E-state index is 0.0702. The molecular weight excluding hydrogens is 512 g/mol. The van der Waals surface area contributed by atoms with Crippen molar-refractivity contribution in [3.05, 3.63) is 95.5 Å². The molecule has 0 aliphatic heterocycles. The summed E-state index contributed by atoms with van der Waals surface area (Å²) in [7, 11) is 1.55. The summed E-state index contributed by atoms with van der Waals surface area (Å²) in [5.74, 6) is -0.290. The molecule has 4 rings (SSSR count). The first-order valence-corrected chi connectivity index (χ1v) is 13.0. The zero-order chi connectivity index (χ0) is 26.5. The highest BCUT2D eigenvalue weighted by Crippen LogP contribution is 2.39. The van der Waals surface area contributed by atoms with Crippen LogP contribution in [0.5, 0.6) is 5.75 Å². The Kier molecular flexibility index (Phi) is 8.33. The van der Waals surface area contributed by atoms with Crippen LogP contribution < -0.4 is 13.9 Å². The van der Waals surface area contributed by atoms with Crippen LogP contribution in [0.4, 0.5) is 17.1 Å². The average Bonchev–Trinajstić information content (AvgIpc) is 2.87. The molecule has 0 spiro atoms. The smallest absolute Gasteiger partial charge is 0.305 e. The topological polar surface area (TPSA) is 93.1 Å². The molecule has 4 aromatic rings. The van der Waals surface area contributed by atoms with Crippen molar-refractivity contribution in [2.75, 3.05) is 16.3 Å². The van der Waals surface area contributed by atoms with Crippen molar-refractivity contribution < 1.29 is 23.4 Å². The number of nitrogens with zero attached hydrogens (tertiary/aromatic N) is 2. The molecule has 0 bridgehead atoms. The molecule has 4 aromatic carbocycles. The molecule has 0 saturated carbocycles. The second kappa shape index (κ2) is 11.6. The first-order chi connectivity index (χ1) is 17.8. The normalized spacial score (nSPS) is 12.6. The number of rotatable bonds is 10. The Morgan fingerprint density at radius 3 is 2.24 bits per heavy atom. The van der Waals surface area contributed by atoms with E-state index in [-0.39, 0.29) is 12.5 Å². The molecule has 0 radical (unpaired) electrons. The number of anilines is 3. The van der Waals surface area contributed by atoms with Crippen LogP contribution in [0.3, 0.4) is 0 Å². The lowest BCUT2D eigenvalue weighted by Gasteiger charge is -2.33. The Morgan fingerprint density at radius 2 is 1.65 bits per heavy atom. The van der Waals surface area contributed by atoms with Crippen LogP contribution in [-0.2, 0) is 22.6 Å². The average molecular weight is 538 g/mol. The van der Waals surface area contributed by atoms with Gasteiger partial charge < -0.3 is 19.3 Å². The first kappa shape index (κ1) is 26.5. The maximum absolute atomic E-state index is 12.4. The fourth-order valence-electron chi connectivity index (χ4n) is 4.39. The quantitative estimate of drug-likeness (QED) is 0.238. The van der Waals surface area contributed by atoms with Gasteiger partial charge in [0.15, 0.2) is 0 Å². The van der Waals surface area contributed by atoms with Crippen molar-refractivity contribution >= 4 is 56.7 Å². The molecule has 1 N–H and O–H groups in total. The summed E-state index contributed by atoms with van der Waals surface area (Å²) in [6.45, 7) is 2.28. The predicted octanol–water partition coefficient (Wildman–Crippen LogP) is 6.30. The number of carbonyl (C=O) groups is 1. The number of hydrogen-bond acceptors (Lipinski definition) is 5. The third-order valence-corrected chi connectivity index (χ3v) is 7.05. The van der Waals surface area contributed by atoms with Crippen LogP contribution in [0.25, 0.3) is 10.8 Å². The van der Waals surface area contributed by atoms with Crippen LogP contribution in [0.15, 0.2) is 84.9 Å². The summed E-state index contributed by atoms with van der Waals surface area (Å²) in [6.07, 6.45) is -0.0702. The van der Waals surface area contributed by atoms with Crippen LogP contribution in [0, 0.1) is 0 Å². The molecule has 0 fully saturated rings. The lowest BCUT2D eigenvalue weighted by Crippen LogP contribution is -2.34. The summed E-state index contributed by atoms with van der Waals surface area (Å²) >= 11 is 3.61. The predicted molar refractivity (Wildman–Crippen MR) is 147 cm³/mol. The number of aliphatic carboxylic acids is 1. The van der Waals surface area contributed by atoms with Gasteiger partial charge in [0.25, 0.3) is 0 Å². The third-order valence-electron chi connectivity index (χ3n) is 6.11. The van der Waals surface area contributed by atoms with Gasteiger partial charge in [-0.1, -0.05) is 48.0 Å². The monoisotopic (exact) mass is 537 g/mol. The molecule has 0 aliphatic carbocycles. The van der Waals surface area contributed by atoms with Crippen molar-refractivity contribution in [3.63, 3.8) is 0 Å². The Bertz CT molecular complexity index is 1430. The fraction of sp³-hybridized carbons (Fsp3) is 0.179. The molecule has 0 aliphatic rings. The Balaban J connectivity index is 1.85. The molecule has 1 unspecified atom stereocenters. The number of hydrogen-bond donors (Lipinski definition) is 1. The molecule has 0 heterocycles. The number of fused-ring (bicyclic) bond motifs is 1. The Labute approximate surface area is 223 Å². The van der Waals surface area contributed by atoms with Gasteiger partial charge in [0.1, 0.15) is 5.75 Å². The largest absolute Gasteiger partial charge is 0.755 e. The van der Waals surface area contributed by atoms with Crippen molar-refractivity contribution in [1.29, 1.82) is 0 Å². The zero-order valence-electron chi connectivity index (χ0n) is 20.3. The summed E-state index contributed by atoms with van der Waals surface area (Å²) < 4.78 is 31.3. The van der Waals surface area contributed by atoms with Crippen LogP contribution in [0.1, 0.15) is 18.9 Å². The van der Waals surface area contributed by atoms with Crippen LogP contribution in [0.2, 0.25) is 5.02 Å². The molecule has 0 saturated heterocycles. The van der Waals surface area contributed by atoms with E-state index in [2.05, 4.69) is 0 Å². The molecular formula is C28H26ClN2O5S-. The molecule has 192 valence electrons. The Hall–Kier alpha value is -3.59. The van der Waals surface area contributed by atoms with Crippen LogP contribution >= 0.6 is 11.6 Å². The summed E-state index contributed by atoms with van der Waals surface area (Å²) in [4.78, 5) is 13.6. The van der Waals surface area contributed by atoms with Gasteiger partial charge in [0, 0.05) is 34.1 Å².